The van der Waals surface area contributed by atoms with Crippen molar-refractivity contribution in [3.05, 3.63) is 42.7 Å². The Morgan fingerprint density at radius 3 is 2.57 bits per heavy atom. The van der Waals surface area contributed by atoms with Gasteiger partial charge in [-0.25, -0.2) is 0 Å². The number of aromatic amines is 1. The highest BCUT2D eigenvalue weighted by atomic mass is 16.5. The molecule has 2 heterocycles. The second kappa shape index (κ2) is 5.62. The summed E-state index contributed by atoms with van der Waals surface area (Å²) in [6, 6.07) is 9.62. The van der Waals surface area contributed by atoms with Crippen molar-refractivity contribution in [2.75, 3.05) is 12.3 Å². The lowest BCUT2D eigenvalue weighted by molar-refractivity contribution is 0.340. The normalized spacial score (nSPS) is 10.5. The minimum Gasteiger partial charge on any atom is -0.494 e. The third-order valence-corrected chi connectivity index (χ3v) is 3.12. The van der Waals surface area contributed by atoms with Gasteiger partial charge in [-0.3, -0.25) is 5.10 Å². The molecule has 0 spiro atoms. The Labute approximate surface area is 122 Å². The third-order valence-electron chi connectivity index (χ3n) is 3.12. The van der Waals surface area contributed by atoms with Crippen LogP contribution in [-0.4, -0.2) is 27.0 Å². The van der Waals surface area contributed by atoms with Crippen molar-refractivity contribution in [3.63, 3.8) is 0 Å². The van der Waals surface area contributed by atoms with Crippen LogP contribution in [0.3, 0.4) is 0 Å². The third kappa shape index (κ3) is 2.55. The number of nitrogen functional groups attached to an aromatic ring is 1. The molecule has 0 amide bonds. The van der Waals surface area contributed by atoms with E-state index in [9.17, 15) is 0 Å². The molecule has 0 aliphatic carbocycles. The molecule has 0 bridgehead atoms. The van der Waals surface area contributed by atoms with Crippen molar-refractivity contribution in [1.29, 1.82) is 0 Å². The molecule has 0 fully saturated rings. The van der Waals surface area contributed by atoms with Crippen molar-refractivity contribution >= 4 is 5.82 Å². The zero-order valence-corrected chi connectivity index (χ0v) is 11.6. The van der Waals surface area contributed by atoms with Gasteiger partial charge < -0.3 is 10.5 Å². The standard InChI is InChI=1S/C15H15N5O/c1-2-21-12-5-3-10(4-6-12)13-14(19-20-15(13)16)11-7-8-17-18-9-11/h3-9H,2H2,1H3,(H3,16,19,20). The Bertz CT molecular complexity index is 722. The fourth-order valence-corrected chi connectivity index (χ4v) is 2.18. The van der Waals surface area contributed by atoms with Gasteiger partial charge in [0.2, 0.25) is 0 Å². The Balaban J connectivity index is 2.04. The fourth-order valence-electron chi connectivity index (χ4n) is 2.18. The van der Waals surface area contributed by atoms with Gasteiger partial charge >= 0.3 is 0 Å². The molecule has 0 saturated heterocycles. The average molecular weight is 281 g/mol. The molecule has 106 valence electrons. The summed E-state index contributed by atoms with van der Waals surface area (Å²) in [7, 11) is 0. The zero-order valence-electron chi connectivity index (χ0n) is 11.6. The van der Waals surface area contributed by atoms with Crippen molar-refractivity contribution in [3.8, 4) is 28.1 Å². The van der Waals surface area contributed by atoms with Gasteiger partial charge in [-0.2, -0.15) is 15.3 Å². The summed E-state index contributed by atoms with van der Waals surface area (Å²) >= 11 is 0. The van der Waals surface area contributed by atoms with Crippen LogP contribution in [0.2, 0.25) is 0 Å². The van der Waals surface area contributed by atoms with Gasteiger partial charge in [0, 0.05) is 5.56 Å². The van der Waals surface area contributed by atoms with Crippen LogP contribution < -0.4 is 10.5 Å². The van der Waals surface area contributed by atoms with Gasteiger partial charge in [0.1, 0.15) is 5.75 Å². The Morgan fingerprint density at radius 1 is 1.10 bits per heavy atom. The summed E-state index contributed by atoms with van der Waals surface area (Å²) in [6.07, 6.45) is 3.30. The number of nitrogens with two attached hydrogens (primary N) is 1. The van der Waals surface area contributed by atoms with E-state index in [2.05, 4.69) is 20.4 Å². The molecule has 0 aliphatic rings. The van der Waals surface area contributed by atoms with Crippen molar-refractivity contribution in [1.82, 2.24) is 20.4 Å². The van der Waals surface area contributed by atoms with Gasteiger partial charge in [0.05, 0.1) is 30.3 Å². The van der Waals surface area contributed by atoms with E-state index < -0.39 is 0 Å². The molecule has 0 unspecified atom stereocenters. The summed E-state index contributed by atoms with van der Waals surface area (Å²) in [4.78, 5) is 0. The highest BCUT2D eigenvalue weighted by molar-refractivity contribution is 5.87. The van der Waals surface area contributed by atoms with E-state index in [4.69, 9.17) is 10.5 Å². The molecular weight excluding hydrogens is 266 g/mol. The van der Waals surface area contributed by atoms with Crippen LogP contribution in [0.15, 0.2) is 42.7 Å². The van der Waals surface area contributed by atoms with Crippen LogP contribution in [0, 0.1) is 0 Å². The summed E-state index contributed by atoms with van der Waals surface area (Å²) in [5, 5.41) is 14.7. The van der Waals surface area contributed by atoms with Crippen molar-refractivity contribution < 1.29 is 4.74 Å². The predicted octanol–water partition coefficient (Wildman–Crippen LogP) is 2.51. The van der Waals surface area contributed by atoms with E-state index in [1.165, 1.54) is 0 Å². The first-order valence-corrected chi connectivity index (χ1v) is 6.63. The number of hydrogen-bond donors (Lipinski definition) is 2. The van der Waals surface area contributed by atoms with E-state index in [1.807, 2.05) is 37.3 Å². The fraction of sp³-hybridized carbons (Fsp3) is 0.133. The van der Waals surface area contributed by atoms with Gasteiger partial charge in [-0.05, 0) is 30.7 Å². The lowest BCUT2D eigenvalue weighted by Gasteiger charge is -2.06. The topological polar surface area (TPSA) is 89.7 Å². The number of hydrogen-bond acceptors (Lipinski definition) is 5. The molecule has 6 nitrogen and oxygen atoms in total. The number of rotatable bonds is 4. The van der Waals surface area contributed by atoms with E-state index in [0.29, 0.717) is 12.4 Å². The predicted molar refractivity (Wildman–Crippen MR) is 80.6 cm³/mol. The number of H-pyrrole nitrogens is 1. The molecule has 0 atom stereocenters. The zero-order chi connectivity index (χ0) is 14.7. The van der Waals surface area contributed by atoms with Crippen LogP contribution in [-0.2, 0) is 0 Å². The van der Waals surface area contributed by atoms with Crippen molar-refractivity contribution in [2.24, 2.45) is 0 Å². The first-order chi connectivity index (χ1) is 10.3. The molecule has 0 aliphatic heterocycles. The monoisotopic (exact) mass is 281 g/mol. The summed E-state index contributed by atoms with van der Waals surface area (Å²) in [5.41, 5.74) is 9.53. The summed E-state index contributed by atoms with van der Waals surface area (Å²) < 4.78 is 5.45. The first-order valence-electron chi connectivity index (χ1n) is 6.63. The second-order valence-electron chi connectivity index (χ2n) is 4.45. The highest BCUT2D eigenvalue weighted by Crippen LogP contribution is 2.34. The van der Waals surface area contributed by atoms with E-state index in [-0.39, 0.29) is 0 Å². The lowest BCUT2D eigenvalue weighted by Crippen LogP contribution is -1.92. The minimum absolute atomic E-state index is 0.450. The second-order valence-corrected chi connectivity index (χ2v) is 4.45. The van der Waals surface area contributed by atoms with E-state index in [0.717, 1.165) is 28.1 Å². The van der Waals surface area contributed by atoms with Gasteiger partial charge in [0.15, 0.2) is 5.82 Å². The number of aromatic nitrogens is 4. The van der Waals surface area contributed by atoms with Crippen molar-refractivity contribution in [2.45, 2.75) is 6.92 Å². The Morgan fingerprint density at radius 2 is 1.90 bits per heavy atom. The molecule has 3 N–H and O–H groups in total. The molecular formula is C15H15N5O. The Hall–Kier alpha value is -2.89. The number of ether oxygens (including phenoxy) is 1. The molecule has 3 aromatic rings. The molecule has 21 heavy (non-hydrogen) atoms. The van der Waals surface area contributed by atoms with Gasteiger partial charge in [-0.1, -0.05) is 12.1 Å². The maximum absolute atomic E-state index is 6.00. The van der Waals surface area contributed by atoms with E-state index >= 15 is 0 Å². The van der Waals surface area contributed by atoms with Crippen LogP contribution in [0.5, 0.6) is 5.75 Å². The summed E-state index contributed by atoms with van der Waals surface area (Å²) in [6.45, 7) is 2.59. The molecule has 1 aromatic carbocycles. The number of anilines is 1. The average Bonchev–Trinajstić information content (AvgIpc) is 2.91. The number of nitrogens with zero attached hydrogens (tertiary/aromatic N) is 3. The van der Waals surface area contributed by atoms with Gasteiger partial charge in [-0.15, -0.1) is 0 Å². The van der Waals surface area contributed by atoms with Crippen LogP contribution in [0.25, 0.3) is 22.4 Å². The SMILES string of the molecule is CCOc1ccc(-c2c(N)n[nH]c2-c2ccnnc2)cc1. The molecule has 0 radical (unpaired) electrons. The Kier molecular flexibility index (Phi) is 3.51. The molecule has 0 saturated carbocycles. The van der Waals surface area contributed by atoms with E-state index in [1.54, 1.807) is 12.4 Å². The number of benzene rings is 1. The lowest BCUT2D eigenvalue weighted by atomic mass is 10.0. The molecule has 3 rings (SSSR count). The van der Waals surface area contributed by atoms with Gasteiger partial charge in [0.25, 0.3) is 0 Å². The smallest absolute Gasteiger partial charge is 0.153 e. The van der Waals surface area contributed by atoms with Crippen LogP contribution in [0.1, 0.15) is 6.92 Å². The largest absolute Gasteiger partial charge is 0.494 e. The maximum Gasteiger partial charge on any atom is 0.153 e. The number of nitrogens with one attached hydrogen (secondary N) is 1. The molecule has 6 heteroatoms. The molecule has 2 aromatic heterocycles. The van der Waals surface area contributed by atoms with Crippen LogP contribution in [0.4, 0.5) is 5.82 Å². The minimum atomic E-state index is 0.450. The summed E-state index contributed by atoms with van der Waals surface area (Å²) in [5.74, 6) is 1.28. The van der Waals surface area contributed by atoms with Crippen LogP contribution >= 0.6 is 0 Å². The maximum atomic E-state index is 6.00. The highest BCUT2D eigenvalue weighted by Gasteiger charge is 2.15. The first kappa shape index (κ1) is 13.1. The quantitative estimate of drug-likeness (QED) is 0.767.